The molecule has 4 rings (SSSR count). The van der Waals surface area contributed by atoms with Gasteiger partial charge in [-0.2, -0.15) is 0 Å². The Morgan fingerprint density at radius 3 is 3.00 bits per heavy atom. The van der Waals surface area contributed by atoms with Crippen molar-refractivity contribution < 1.29 is 4.74 Å². The summed E-state index contributed by atoms with van der Waals surface area (Å²) < 4.78 is 5.57. The van der Waals surface area contributed by atoms with Crippen molar-refractivity contribution in [3.05, 3.63) is 41.5 Å². The highest BCUT2D eigenvalue weighted by atomic mass is 16.6. The molecule has 2 aliphatic carbocycles. The van der Waals surface area contributed by atoms with E-state index in [0.29, 0.717) is 5.92 Å². The van der Waals surface area contributed by atoms with Gasteiger partial charge in [0.1, 0.15) is 5.60 Å². The minimum atomic E-state index is 0.143. The van der Waals surface area contributed by atoms with Gasteiger partial charge in [0, 0.05) is 5.92 Å². The molecule has 3 aliphatic rings. The van der Waals surface area contributed by atoms with Crippen LogP contribution in [0.1, 0.15) is 23.5 Å². The zero-order chi connectivity index (χ0) is 8.47. The molecule has 0 aromatic heterocycles. The highest BCUT2D eigenvalue weighted by Gasteiger charge is 2.57. The number of allylic oxidation sites excluding steroid dienone is 1. The minimum Gasteiger partial charge on any atom is -0.364 e. The Morgan fingerprint density at radius 2 is 2.15 bits per heavy atom. The number of epoxide rings is 1. The summed E-state index contributed by atoms with van der Waals surface area (Å²) in [7, 11) is 0. The van der Waals surface area contributed by atoms with Crippen LogP contribution in [-0.2, 0) is 4.74 Å². The molecule has 1 spiro atoms. The highest BCUT2D eigenvalue weighted by Crippen LogP contribution is 2.59. The first kappa shape index (κ1) is 6.39. The van der Waals surface area contributed by atoms with Crippen LogP contribution in [0, 0.1) is 0 Å². The van der Waals surface area contributed by atoms with Crippen LogP contribution in [0.4, 0.5) is 0 Å². The third-order valence-electron chi connectivity index (χ3n) is 3.59. The van der Waals surface area contributed by atoms with Gasteiger partial charge in [0.05, 0.1) is 6.61 Å². The van der Waals surface area contributed by atoms with Crippen LogP contribution in [0.15, 0.2) is 30.3 Å². The van der Waals surface area contributed by atoms with E-state index in [0.717, 1.165) is 6.61 Å². The van der Waals surface area contributed by atoms with Crippen molar-refractivity contribution in [2.45, 2.75) is 17.9 Å². The Balaban J connectivity index is 2.03. The smallest absolute Gasteiger partial charge is 0.117 e. The maximum atomic E-state index is 5.57. The van der Waals surface area contributed by atoms with Gasteiger partial charge >= 0.3 is 0 Å². The van der Waals surface area contributed by atoms with Gasteiger partial charge in [-0.25, -0.2) is 0 Å². The van der Waals surface area contributed by atoms with Gasteiger partial charge in [-0.3, -0.25) is 0 Å². The van der Waals surface area contributed by atoms with E-state index >= 15 is 0 Å². The van der Waals surface area contributed by atoms with Crippen LogP contribution in [0.2, 0.25) is 0 Å². The van der Waals surface area contributed by atoms with Crippen LogP contribution in [0.25, 0.3) is 5.57 Å². The lowest BCUT2D eigenvalue weighted by Gasteiger charge is -2.16. The zero-order valence-corrected chi connectivity index (χ0v) is 7.29. The molecule has 1 fully saturated rings. The molecular formula is C12H10O. The van der Waals surface area contributed by atoms with Crippen LogP contribution in [0.5, 0.6) is 0 Å². The highest BCUT2D eigenvalue weighted by molar-refractivity contribution is 5.80. The Bertz CT molecular complexity index is 427. The summed E-state index contributed by atoms with van der Waals surface area (Å²) in [4.78, 5) is 0. The van der Waals surface area contributed by atoms with Crippen LogP contribution < -0.4 is 0 Å². The Labute approximate surface area is 77.0 Å². The molecule has 0 radical (unpaired) electrons. The molecule has 1 aromatic carbocycles. The molecule has 1 heteroatoms. The van der Waals surface area contributed by atoms with E-state index in [2.05, 4.69) is 30.3 Å². The zero-order valence-electron chi connectivity index (χ0n) is 7.29. The number of hydrogen-bond donors (Lipinski definition) is 0. The number of rotatable bonds is 0. The van der Waals surface area contributed by atoms with Gasteiger partial charge in [-0.05, 0) is 29.2 Å². The molecule has 2 bridgehead atoms. The Kier molecular flexibility index (Phi) is 0.850. The third-order valence-corrected chi connectivity index (χ3v) is 3.59. The lowest BCUT2D eigenvalue weighted by Crippen LogP contribution is -2.15. The summed E-state index contributed by atoms with van der Waals surface area (Å²) in [6.45, 7) is 0.940. The fourth-order valence-electron chi connectivity index (χ4n) is 2.87. The molecule has 13 heavy (non-hydrogen) atoms. The Hall–Kier alpha value is -1.08. The summed E-state index contributed by atoms with van der Waals surface area (Å²) in [5, 5.41) is 0. The summed E-state index contributed by atoms with van der Waals surface area (Å²) >= 11 is 0. The maximum absolute atomic E-state index is 5.57. The standard InChI is InChI=1S/C12H10O/c1-2-4-10-9(3-1)8-5-11(10)12(6-8)7-13-12/h1-4,6,11H,5,7H2. The third kappa shape index (κ3) is 0.604. The van der Waals surface area contributed by atoms with Crippen LogP contribution >= 0.6 is 0 Å². The normalized spacial score (nSPS) is 37.8. The number of hydrogen-bond acceptors (Lipinski definition) is 1. The monoisotopic (exact) mass is 170 g/mol. The number of fused-ring (bicyclic) bond motifs is 6. The average Bonchev–Trinajstić information content (AvgIpc) is 2.71. The number of ether oxygens (including phenoxy) is 1. The van der Waals surface area contributed by atoms with E-state index in [1.165, 1.54) is 23.1 Å². The first-order chi connectivity index (χ1) is 6.39. The van der Waals surface area contributed by atoms with E-state index in [1.54, 1.807) is 0 Å². The Morgan fingerprint density at radius 1 is 1.31 bits per heavy atom. The van der Waals surface area contributed by atoms with Crippen LogP contribution in [-0.4, -0.2) is 12.2 Å². The van der Waals surface area contributed by atoms with Crippen molar-refractivity contribution in [3.63, 3.8) is 0 Å². The van der Waals surface area contributed by atoms with E-state index in [1.807, 2.05) is 0 Å². The first-order valence-corrected chi connectivity index (χ1v) is 4.84. The molecule has 1 heterocycles. The summed E-state index contributed by atoms with van der Waals surface area (Å²) in [5.41, 5.74) is 4.63. The van der Waals surface area contributed by atoms with Crippen molar-refractivity contribution in [2.24, 2.45) is 0 Å². The summed E-state index contributed by atoms with van der Waals surface area (Å²) in [6, 6.07) is 8.75. The molecule has 64 valence electrons. The van der Waals surface area contributed by atoms with E-state index in [4.69, 9.17) is 4.74 Å². The van der Waals surface area contributed by atoms with Gasteiger partial charge in [0.25, 0.3) is 0 Å². The molecule has 0 saturated carbocycles. The predicted molar refractivity (Wildman–Crippen MR) is 50.5 cm³/mol. The quantitative estimate of drug-likeness (QED) is 0.544. The lowest BCUT2D eigenvalue weighted by atomic mass is 9.88. The van der Waals surface area contributed by atoms with Crippen molar-refractivity contribution in [2.75, 3.05) is 6.61 Å². The minimum absolute atomic E-state index is 0.143. The maximum Gasteiger partial charge on any atom is 0.117 e. The molecule has 2 unspecified atom stereocenters. The lowest BCUT2D eigenvalue weighted by molar-refractivity contribution is 0.323. The molecular weight excluding hydrogens is 160 g/mol. The van der Waals surface area contributed by atoms with Crippen LogP contribution in [0.3, 0.4) is 0 Å². The predicted octanol–water partition coefficient (Wildman–Crippen LogP) is 2.34. The second-order valence-electron chi connectivity index (χ2n) is 4.26. The fraction of sp³-hybridized carbons (Fsp3) is 0.333. The molecule has 2 atom stereocenters. The molecule has 1 aliphatic heterocycles. The van der Waals surface area contributed by atoms with E-state index < -0.39 is 0 Å². The van der Waals surface area contributed by atoms with Gasteiger partial charge < -0.3 is 4.74 Å². The summed E-state index contributed by atoms with van der Waals surface area (Å²) in [5.74, 6) is 0.638. The second kappa shape index (κ2) is 1.73. The molecule has 0 amide bonds. The SMILES string of the molecule is C1=C2CC(c3ccccc32)C12CO2. The molecule has 0 N–H and O–H groups in total. The largest absolute Gasteiger partial charge is 0.364 e. The van der Waals surface area contributed by atoms with Gasteiger partial charge in [0.15, 0.2) is 0 Å². The van der Waals surface area contributed by atoms with Crippen molar-refractivity contribution in [1.82, 2.24) is 0 Å². The van der Waals surface area contributed by atoms with Gasteiger partial charge in [-0.1, -0.05) is 24.3 Å². The average molecular weight is 170 g/mol. The van der Waals surface area contributed by atoms with Gasteiger partial charge in [0.2, 0.25) is 0 Å². The number of benzene rings is 1. The second-order valence-corrected chi connectivity index (χ2v) is 4.26. The molecule has 1 aromatic rings. The van der Waals surface area contributed by atoms with Crippen molar-refractivity contribution in [1.29, 1.82) is 0 Å². The topological polar surface area (TPSA) is 12.5 Å². The van der Waals surface area contributed by atoms with E-state index in [9.17, 15) is 0 Å². The fourth-order valence-corrected chi connectivity index (χ4v) is 2.87. The first-order valence-electron chi connectivity index (χ1n) is 4.84. The summed E-state index contributed by atoms with van der Waals surface area (Å²) in [6.07, 6.45) is 3.55. The van der Waals surface area contributed by atoms with E-state index in [-0.39, 0.29) is 5.60 Å². The molecule has 1 saturated heterocycles. The van der Waals surface area contributed by atoms with Crippen molar-refractivity contribution >= 4 is 5.57 Å². The van der Waals surface area contributed by atoms with Crippen molar-refractivity contribution in [3.8, 4) is 0 Å². The molecule has 1 nitrogen and oxygen atoms in total. The van der Waals surface area contributed by atoms with Gasteiger partial charge in [-0.15, -0.1) is 0 Å².